The molecule has 2 aliphatic carbocycles. The van der Waals surface area contributed by atoms with Crippen molar-refractivity contribution in [2.45, 2.75) is 31.8 Å². The average molecular weight is 226 g/mol. The Morgan fingerprint density at radius 3 is 3.00 bits per heavy atom. The third-order valence-corrected chi connectivity index (χ3v) is 4.87. The summed E-state index contributed by atoms with van der Waals surface area (Å²) in [5.74, 6) is 1.25. The zero-order chi connectivity index (χ0) is 10.5. The minimum Gasteiger partial charge on any atom is -0.465 e. The van der Waals surface area contributed by atoms with Crippen molar-refractivity contribution in [3.8, 4) is 0 Å². The van der Waals surface area contributed by atoms with Crippen LogP contribution in [0.25, 0.3) is 0 Å². The van der Waals surface area contributed by atoms with Crippen LogP contribution in [0.1, 0.15) is 25.7 Å². The highest BCUT2D eigenvalue weighted by atomic mass is 28.1. The smallest absolute Gasteiger partial charge is 0.312 e. The molecule has 0 aromatic carbocycles. The van der Waals surface area contributed by atoms with E-state index in [0.717, 1.165) is 35.2 Å². The van der Waals surface area contributed by atoms with Gasteiger partial charge in [0.15, 0.2) is 0 Å². The van der Waals surface area contributed by atoms with E-state index in [1.165, 1.54) is 12.8 Å². The Labute approximate surface area is 92.9 Å². The predicted octanol–water partition coefficient (Wildman–Crippen LogP) is 0.0577. The van der Waals surface area contributed by atoms with E-state index in [0.29, 0.717) is 18.6 Å². The number of carbonyl (C=O) groups excluding carboxylic acids is 1. The molecule has 1 aliphatic heterocycles. The molecule has 2 bridgehead atoms. The number of cyclic esters (lactones) is 1. The molecule has 0 amide bonds. The van der Waals surface area contributed by atoms with E-state index in [-0.39, 0.29) is 11.4 Å². The Hall–Kier alpha value is -0.353. The SMILES string of the molecule is O=C1OCCC12CC1CC(OC[SiH3])C2C1. The van der Waals surface area contributed by atoms with Crippen molar-refractivity contribution >= 4 is 16.2 Å². The second kappa shape index (κ2) is 3.32. The van der Waals surface area contributed by atoms with E-state index in [4.69, 9.17) is 9.47 Å². The molecular formula is C11H18O3Si. The molecule has 3 fully saturated rings. The molecule has 4 unspecified atom stereocenters. The van der Waals surface area contributed by atoms with Crippen LogP contribution in [0.15, 0.2) is 0 Å². The first-order valence-corrected chi connectivity index (χ1v) is 7.46. The van der Waals surface area contributed by atoms with Crippen molar-refractivity contribution in [3.05, 3.63) is 0 Å². The number of hydrogen-bond acceptors (Lipinski definition) is 3. The van der Waals surface area contributed by atoms with E-state index in [2.05, 4.69) is 0 Å². The van der Waals surface area contributed by atoms with Gasteiger partial charge in [-0.15, -0.1) is 0 Å². The lowest BCUT2D eigenvalue weighted by atomic mass is 9.71. The van der Waals surface area contributed by atoms with Crippen LogP contribution >= 0.6 is 0 Å². The van der Waals surface area contributed by atoms with Crippen molar-refractivity contribution < 1.29 is 14.3 Å². The van der Waals surface area contributed by atoms with Crippen molar-refractivity contribution in [2.24, 2.45) is 17.3 Å². The van der Waals surface area contributed by atoms with Gasteiger partial charge in [-0.05, 0) is 31.6 Å². The van der Waals surface area contributed by atoms with Crippen LogP contribution in [0.2, 0.25) is 0 Å². The van der Waals surface area contributed by atoms with E-state index in [1.807, 2.05) is 0 Å². The summed E-state index contributed by atoms with van der Waals surface area (Å²) in [5.41, 5.74) is -0.135. The molecule has 15 heavy (non-hydrogen) atoms. The van der Waals surface area contributed by atoms with Gasteiger partial charge in [0.2, 0.25) is 0 Å². The number of ether oxygens (including phenoxy) is 2. The van der Waals surface area contributed by atoms with Gasteiger partial charge in [-0.25, -0.2) is 0 Å². The average Bonchev–Trinajstić information content (AvgIpc) is 2.84. The highest BCUT2D eigenvalue weighted by Gasteiger charge is 2.62. The number of fused-ring (bicyclic) bond motifs is 3. The first-order valence-electron chi connectivity index (χ1n) is 6.05. The molecule has 3 rings (SSSR count). The van der Waals surface area contributed by atoms with Crippen molar-refractivity contribution in [1.82, 2.24) is 0 Å². The first-order chi connectivity index (χ1) is 7.26. The minimum atomic E-state index is -0.135. The van der Waals surface area contributed by atoms with E-state index in [1.54, 1.807) is 0 Å². The monoisotopic (exact) mass is 226 g/mol. The third-order valence-electron chi connectivity index (χ3n) is 4.53. The van der Waals surface area contributed by atoms with Gasteiger partial charge in [-0.2, -0.15) is 0 Å². The molecule has 1 spiro atoms. The van der Waals surface area contributed by atoms with Crippen LogP contribution in [0, 0.1) is 17.3 Å². The summed E-state index contributed by atoms with van der Waals surface area (Å²) in [4.78, 5) is 11.9. The van der Waals surface area contributed by atoms with E-state index < -0.39 is 0 Å². The topological polar surface area (TPSA) is 35.5 Å². The van der Waals surface area contributed by atoms with Crippen LogP contribution in [0.3, 0.4) is 0 Å². The Morgan fingerprint density at radius 2 is 2.40 bits per heavy atom. The fourth-order valence-corrected chi connectivity index (χ4v) is 4.43. The number of carbonyl (C=O) groups is 1. The number of esters is 1. The lowest BCUT2D eigenvalue weighted by Gasteiger charge is -2.34. The fraction of sp³-hybridized carbons (Fsp3) is 0.909. The summed E-state index contributed by atoms with van der Waals surface area (Å²) >= 11 is 0. The molecule has 84 valence electrons. The highest BCUT2D eigenvalue weighted by molar-refractivity contribution is 6.08. The van der Waals surface area contributed by atoms with Gasteiger partial charge in [0.05, 0.1) is 18.1 Å². The molecule has 3 nitrogen and oxygen atoms in total. The summed E-state index contributed by atoms with van der Waals surface area (Å²) in [6.07, 6.45) is 5.64. The quantitative estimate of drug-likeness (QED) is 0.493. The van der Waals surface area contributed by atoms with Crippen LogP contribution in [-0.2, 0) is 14.3 Å². The standard InChI is InChI=1S/C11H18O3Si/c12-10-11(1-2-13-10)5-7-3-8(11)9(4-7)14-6-15/h7-9H,1-6H2,15H3. The van der Waals surface area contributed by atoms with Gasteiger partial charge in [-0.3, -0.25) is 4.79 Å². The number of hydrogen-bond donors (Lipinski definition) is 0. The van der Waals surface area contributed by atoms with Gasteiger partial charge < -0.3 is 9.47 Å². The molecule has 0 radical (unpaired) electrons. The molecule has 3 aliphatic rings. The van der Waals surface area contributed by atoms with Crippen molar-refractivity contribution in [2.75, 3.05) is 12.8 Å². The summed E-state index contributed by atoms with van der Waals surface area (Å²) < 4.78 is 11.0. The Balaban J connectivity index is 1.85. The van der Waals surface area contributed by atoms with Crippen LogP contribution < -0.4 is 0 Å². The largest absolute Gasteiger partial charge is 0.465 e. The summed E-state index contributed by atoms with van der Waals surface area (Å²) in [6.45, 7) is 0.635. The molecule has 4 atom stereocenters. The first kappa shape index (κ1) is 9.84. The molecule has 1 saturated heterocycles. The second-order valence-corrected chi connectivity index (χ2v) is 5.76. The highest BCUT2D eigenvalue weighted by Crippen LogP contribution is 2.60. The van der Waals surface area contributed by atoms with Gasteiger partial charge in [-0.1, -0.05) is 0 Å². The van der Waals surface area contributed by atoms with Crippen LogP contribution in [0.5, 0.6) is 0 Å². The van der Waals surface area contributed by atoms with Gasteiger partial charge in [0, 0.05) is 22.4 Å². The molecule has 2 saturated carbocycles. The van der Waals surface area contributed by atoms with Crippen LogP contribution in [-0.4, -0.2) is 35.2 Å². The van der Waals surface area contributed by atoms with Gasteiger partial charge >= 0.3 is 5.97 Å². The number of rotatable bonds is 2. The Bertz CT molecular complexity index is 294. The molecule has 0 aromatic rings. The second-order valence-electron chi connectivity index (χ2n) is 5.18. The Morgan fingerprint density at radius 1 is 1.53 bits per heavy atom. The van der Waals surface area contributed by atoms with Gasteiger partial charge in [0.1, 0.15) is 0 Å². The Kier molecular flexibility index (Phi) is 2.18. The van der Waals surface area contributed by atoms with E-state index >= 15 is 0 Å². The van der Waals surface area contributed by atoms with Crippen LogP contribution in [0.4, 0.5) is 0 Å². The molecule has 0 N–H and O–H groups in total. The maximum atomic E-state index is 11.9. The molecule has 1 heterocycles. The minimum absolute atomic E-state index is 0.0663. The lowest BCUT2D eigenvalue weighted by molar-refractivity contribution is -0.151. The third kappa shape index (κ3) is 1.24. The predicted molar refractivity (Wildman–Crippen MR) is 58.5 cm³/mol. The summed E-state index contributed by atoms with van der Waals surface area (Å²) in [7, 11) is 1.09. The molecular weight excluding hydrogens is 208 g/mol. The zero-order valence-electron chi connectivity index (χ0n) is 9.20. The lowest BCUT2D eigenvalue weighted by Crippen LogP contribution is -2.40. The van der Waals surface area contributed by atoms with E-state index in [9.17, 15) is 4.79 Å². The van der Waals surface area contributed by atoms with Gasteiger partial charge in [0.25, 0.3) is 0 Å². The maximum Gasteiger partial charge on any atom is 0.312 e. The zero-order valence-corrected chi connectivity index (χ0v) is 11.2. The normalized spacial score (nSPS) is 48.0. The summed E-state index contributed by atoms with van der Waals surface area (Å²) in [6, 6.07) is 0. The molecule has 4 heteroatoms. The molecule has 0 aromatic heterocycles. The fourth-order valence-electron chi connectivity index (χ4n) is 4.01. The maximum absolute atomic E-state index is 11.9. The van der Waals surface area contributed by atoms with Crippen molar-refractivity contribution in [1.29, 1.82) is 0 Å². The summed E-state index contributed by atoms with van der Waals surface area (Å²) in [5, 5.41) is 0. The van der Waals surface area contributed by atoms with Crippen molar-refractivity contribution in [3.63, 3.8) is 0 Å².